The third-order valence-electron chi connectivity index (χ3n) is 3.11. The third kappa shape index (κ3) is 2.62. The summed E-state index contributed by atoms with van der Waals surface area (Å²) in [5.74, 6) is 0. The minimum Gasteiger partial charge on any atom is -0.372 e. The highest BCUT2D eigenvalue weighted by Gasteiger charge is 2.20. The van der Waals surface area contributed by atoms with Crippen molar-refractivity contribution in [1.29, 1.82) is 0 Å². The van der Waals surface area contributed by atoms with Crippen molar-refractivity contribution in [3.63, 3.8) is 0 Å². The lowest BCUT2D eigenvalue weighted by Gasteiger charge is -2.22. The van der Waals surface area contributed by atoms with E-state index in [1.165, 1.54) is 18.5 Å². The normalized spacial score (nSPS) is 21.2. The monoisotopic (exact) mass is 223 g/mol. The van der Waals surface area contributed by atoms with Crippen LogP contribution in [0.5, 0.6) is 0 Å². The summed E-state index contributed by atoms with van der Waals surface area (Å²) >= 11 is 0. The van der Waals surface area contributed by atoms with E-state index in [-0.39, 0.29) is 6.10 Å². The van der Waals surface area contributed by atoms with Gasteiger partial charge in [-0.25, -0.2) is 0 Å². The summed E-state index contributed by atoms with van der Waals surface area (Å²) in [4.78, 5) is 0. The molecule has 1 atom stereocenters. The third-order valence-corrected chi connectivity index (χ3v) is 3.11. The Labute approximate surface area is 96.8 Å². The zero-order chi connectivity index (χ0) is 11.4. The van der Waals surface area contributed by atoms with Crippen molar-refractivity contribution < 1.29 is 4.74 Å². The van der Waals surface area contributed by atoms with Crippen molar-refractivity contribution in [3.8, 4) is 0 Å². The second kappa shape index (κ2) is 5.46. The Morgan fingerprint density at radius 3 is 3.12 bits per heavy atom. The molecular weight excluding hydrogens is 202 g/mol. The van der Waals surface area contributed by atoms with E-state index in [9.17, 15) is 0 Å². The van der Waals surface area contributed by atoms with Gasteiger partial charge in [-0.05, 0) is 44.7 Å². The fourth-order valence-corrected chi connectivity index (χ4v) is 2.22. The van der Waals surface area contributed by atoms with Crippen molar-refractivity contribution in [2.24, 2.45) is 12.8 Å². The summed E-state index contributed by atoms with van der Waals surface area (Å²) in [5.41, 5.74) is 7.86. The predicted molar refractivity (Wildman–Crippen MR) is 63.1 cm³/mol. The Balaban J connectivity index is 2.04. The van der Waals surface area contributed by atoms with Crippen LogP contribution in [0.3, 0.4) is 0 Å². The summed E-state index contributed by atoms with van der Waals surface area (Å²) in [5, 5.41) is 4.50. The van der Waals surface area contributed by atoms with Gasteiger partial charge in [-0.3, -0.25) is 4.68 Å². The number of hydrogen-bond donors (Lipinski definition) is 1. The Morgan fingerprint density at radius 2 is 2.44 bits per heavy atom. The molecule has 90 valence electrons. The molecule has 4 heteroatoms. The zero-order valence-corrected chi connectivity index (χ0v) is 9.98. The van der Waals surface area contributed by atoms with Crippen LogP contribution in [0.2, 0.25) is 0 Å². The van der Waals surface area contributed by atoms with Crippen LogP contribution in [0.15, 0.2) is 6.07 Å². The van der Waals surface area contributed by atoms with E-state index < -0.39 is 0 Å². The lowest BCUT2D eigenvalue weighted by atomic mass is 10.1. The van der Waals surface area contributed by atoms with Gasteiger partial charge < -0.3 is 10.5 Å². The molecule has 2 N–H and O–H groups in total. The fourth-order valence-electron chi connectivity index (χ4n) is 2.22. The Hall–Kier alpha value is -0.870. The number of rotatable bonds is 4. The first-order chi connectivity index (χ1) is 7.81. The lowest BCUT2D eigenvalue weighted by molar-refractivity contribution is 0.0101. The summed E-state index contributed by atoms with van der Waals surface area (Å²) in [6.45, 7) is 1.61. The molecule has 0 aliphatic carbocycles. The fraction of sp³-hybridized carbons (Fsp3) is 0.750. The first kappa shape index (κ1) is 11.6. The summed E-state index contributed by atoms with van der Waals surface area (Å²) in [6, 6.07) is 2.17. The molecule has 1 fully saturated rings. The molecule has 1 aliphatic rings. The molecule has 0 bridgehead atoms. The molecule has 2 rings (SSSR count). The van der Waals surface area contributed by atoms with Crippen LogP contribution in [0.4, 0.5) is 0 Å². The second-order valence-electron chi connectivity index (χ2n) is 4.43. The van der Waals surface area contributed by atoms with E-state index in [0.717, 1.165) is 38.1 Å². The maximum atomic E-state index is 5.78. The number of ether oxygens (including phenoxy) is 1. The summed E-state index contributed by atoms with van der Waals surface area (Å²) in [6.07, 6.45) is 5.79. The zero-order valence-electron chi connectivity index (χ0n) is 9.98. The molecule has 2 heterocycles. The highest BCUT2D eigenvalue weighted by molar-refractivity contribution is 5.13. The Kier molecular flexibility index (Phi) is 3.96. The van der Waals surface area contributed by atoms with E-state index in [4.69, 9.17) is 10.5 Å². The van der Waals surface area contributed by atoms with Gasteiger partial charge in [0, 0.05) is 13.7 Å². The van der Waals surface area contributed by atoms with Crippen molar-refractivity contribution >= 4 is 0 Å². The number of hydrogen-bond acceptors (Lipinski definition) is 3. The molecule has 0 saturated carbocycles. The largest absolute Gasteiger partial charge is 0.372 e. The number of nitrogens with two attached hydrogens (primary N) is 1. The van der Waals surface area contributed by atoms with Crippen LogP contribution >= 0.6 is 0 Å². The highest BCUT2D eigenvalue weighted by Crippen LogP contribution is 2.27. The Morgan fingerprint density at radius 1 is 1.56 bits per heavy atom. The van der Waals surface area contributed by atoms with Gasteiger partial charge >= 0.3 is 0 Å². The van der Waals surface area contributed by atoms with Crippen molar-refractivity contribution in [2.45, 2.75) is 38.2 Å². The average molecular weight is 223 g/mol. The highest BCUT2D eigenvalue weighted by atomic mass is 16.5. The van der Waals surface area contributed by atoms with Crippen LogP contribution in [0.1, 0.15) is 43.2 Å². The molecule has 1 unspecified atom stereocenters. The van der Waals surface area contributed by atoms with E-state index in [2.05, 4.69) is 11.2 Å². The van der Waals surface area contributed by atoms with Gasteiger partial charge in [-0.1, -0.05) is 0 Å². The van der Waals surface area contributed by atoms with Gasteiger partial charge in [-0.15, -0.1) is 0 Å². The molecule has 4 nitrogen and oxygen atoms in total. The maximum Gasteiger partial charge on any atom is 0.0991 e. The molecule has 0 radical (unpaired) electrons. The lowest BCUT2D eigenvalue weighted by Crippen LogP contribution is -2.14. The smallest absolute Gasteiger partial charge is 0.0991 e. The topological polar surface area (TPSA) is 53.1 Å². The molecule has 1 aliphatic heterocycles. The average Bonchev–Trinajstić information content (AvgIpc) is 2.69. The molecule has 1 aromatic rings. The van der Waals surface area contributed by atoms with Crippen molar-refractivity contribution in [2.75, 3.05) is 13.2 Å². The molecule has 0 spiro atoms. The van der Waals surface area contributed by atoms with Gasteiger partial charge in [0.1, 0.15) is 0 Å². The standard InChI is InChI=1S/C12H21N3O/c1-15-11(12-6-2-3-8-16-12)9-10(14-15)5-4-7-13/h9,12H,2-8,13H2,1H3. The van der Waals surface area contributed by atoms with Crippen LogP contribution in [-0.2, 0) is 18.2 Å². The van der Waals surface area contributed by atoms with Gasteiger partial charge in [0.25, 0.3) is 0 Å². The number of aryl methyl sites for hydroxylation is 2. The molecular formula is C12H21N3O. The SMILES string of the molecule is Cn1nc(CCCN)cc1C1CCCCO1. The molecule has 16 heavy (non-hydrogen) atoms. The number of aromatic nitrogens is 2. The quantitative estimate of drug-likeness (QED) is 0.842. The molecule has 1 saturated heterocycles. The molecule has 1 aromatic heterocycles. The van der Waals surface area contributed by atoms with E-state index in [1.807, 2.05) is 11.7 Å². The van der Waals surface area contributed by atoms with E-state index in [1.54, 1.807) is 0 Å². The van der Waals surface area contributed by atoms with Crippen LogP contribution in [-0.4, -0.2) is 22.9 Å². The van der Waals surface area contributed by atoms with E-state index in [0.29, 0.717) is 0 Å². The van der Waals surface area contributed by atoms with Gasteiger partial charge in [0.15, 0.2) is 0 Å². The van der Waals surface area contributed by atoms with Gasteiger partial charge in [0.2, 0.25) is 0 Å². The van der Waals surface area contributed by atoms with Crippen LogP contribution in [0.25, 0.3) is 0 Å². The second-order valence-corrected chi connectivity index (χ2v) is 4.43. The van der Waals surface area contributed by atoms with Crippen molar-refractivity contribution in [3.05, 3.63) is 17.5 Å². The summed E-state index contributed by atoms with van der Waals surface area (Å²) < 4.78 is 7.74. The first-order valence-electron chi connectivity index (χ1n) is 6.15. The molecule has 0 aromatic carbocycles. The van der Waals surface area contributed by atoms with Crippen LogP contribution in [0, 0.1) is 0 Å². The first-order valence-corrected chi connectivity index (χ1v) is 6.15. The van der Waals surface area contributed by atoms with E-state index >= 15 is 0 Å². The van der Waals surface area contributed by atoms with Crippen molar-refractivity contribution in [1.82, 2.24) is 9.78 Å². The van der Waals surface area contributed by atoms with Gasteiger partial charge in [-0.2, -0.15) is 5.10 Å². The maximum absolute atomic E-state index is 5.78. The molecule has 0 amide bonds. The minimum atomic E-state index is 0.248. The van der Waals surface area contributed by atoms with Crippen LogP contribution < -0.4 is 5.73 Å². The van der Waals surface area contributed by atoms with Gasteiger partial charge in [0.05, 0.1) is 17.5 Å². The Bertz CT molecular complexity index is 329. The number of nitrogens with zero attached hydrogens (tertiary/aromatic N) is 2. The predicted octanol–water partition coefficient (Wildman–Crippen LogP) is 1.55. The summed E-state index contributed by atoms with van der Waals surface area (Å²) in [7, 11) is 2.00. The minimum absolute atomic E-state index is 0.248.